The minimum atomic E-state index is -1.59. The fourth-order valence-corrected chi connectivity index (χ4v) is 6.81. The van der Waals surface area contributed by atoms with Gasteiger partial charge in [0.05, 0.1) is 0 Å². The van der Waals surface area contributed by atoms with E-state index in [1.807, 2.05) is 0 Å². The van der Waals surface area contributed by atoms with Crippen LogP contribution in [0.15, 0.2) is 66.2 Å². The van der Waals surface area contributed by atoms with Crippen molar-refractivity contribution >= 4 is 26.5 Å². The summed E-state index contributed by atoms with van der Waals surface area (Å²) in [4.78, 5) is 0. The Bertz CT molecular complexity index is 1440. The highest BCUT2D eigenvalue weighted by Gasteiger charge is 2.31. The second-order valence-corrected chi connectivity index (χ2v) is 14.5. The lowest BCUT2D eigenvalue weighted by Crippen LogP contribution is -2.31. The van der Waals surface area contributed by atoms with Gasteiger partial charge in [-0.25, -0.2) is 0 Å². The fourth-order valence-electron chi connectivity index (χ4n) is 5.52. The molecule has 3 aromatic rings. The summed E-state index contributed by atoms with van der Waals surface area (Å²) in [6, 6.07) is 22.3. The largest absolute Gasteiger partial charge is 0.415 e. The fraction of sp³-hybridized carbons (Fsp3) is 0.267. The molecule has 0 heterocycles. The average molecular weight is 437 g/mol. The molecule has 0 spiro atoms. The summed E-state index contributed by atoms with van der Waals surface area (Å²) in [6.07, 6.45) is 8.27. The van der Waals surface area contributed by atoms with Crippen LogP contribution in [-0.4, -0.2) is 14.4 Å². The van der Waals surface area contributed by atoms with Crippen molar-refractivity contribution in [1.82, 2.24) is 0 Å². The highest BCUT2D eigenvalue weighted by atomic mass is 28.4. The van der Waals surface area contributed by atoms with Gasteiger partial charge in [0.1, 0.15) is 0 Å². The first-order valence-corrected chi connectivity index (χ1v) is 15.1. The van der Waals surface area contributed by atoms with E-state index in [4.69, 9.17) is 4.43 Å². The smallest absolute Gasteiger partial charge is 0.184 e. The van der Waals surface area contributed by atoms with Crippen molar-refractivity contribution in [3.8, 4) is 0 Å². The molecule has 0 aromatic heterocycles. The Hall–Kier alpha value is -2.68. The lowest BCUT2D eigenvalue weighted by atomic mass is 9.82. The summed E-state index contributed by atoms with van der Waals surface area (Å²) in [5, 5.41) is 5.36. The predicted octanol–water partition coefficient (Wildman–Crippen LogP) is 6.08. The number of hydrogen-bond acceptors (Lipinski definition) is 1. The van der Waals surface area contributed by atoms with E-state index < -0.39 is 8.32 Å². The molecular formula is C30H32OSi. The van der Waals surface area contributed by atoms with E-state index in [9.17, 15) is 0 Å². The van der Waals surface area contributed by atoms with Crippen LogP contribution in [0, 0.1) is 10.4 Å². The zero-order valence-corrected chi connectivity index (χ0v) is 20.8. The third-order valence-corrected chi connectivity index (χ3v) is 7.68. The first-order chi connectivity index (χ1) is 15.4. The van der Waals surface area contributed by atoms with Crippen molar-refractivity contribution in [2.75, 3.05) is 0 Å². The minimum absolute atomic E-state index is 0.219. The van der Waals surface area contributed by atoms with Gasteiger partial charge < -0.3 is 4.43 Å². The van der Waals surface area contributed by atoms with Gasteiger partial charge in [0.15, 0.2) is 8.32 Å². The van der Waals surface area contributed by atoms with Gasteiger partial charge in [-0.2, -0.15) is 0 Å². The zero-order chi connectivity index (χ0) is 22.5. The van der Waals surface area contributed by atoms with Crippen molar-refractivity contribution in [2.45, 2.75) is 51.9 Å². The lowest BCUT2D eigenvalue weighted by Gasteiger charge is -2.27. The molecule has 162 valence electrons. The summed E-state index contributed by atoms with van der Waals surface area (Å²) < 4.78 is 6.46. The molecule has 2 atom stereocenters. The van der Waals surface area contributed by atoms with Crippen molar-refractivity contribution in [3.05, 3.63) is 109 Å². The van der Waals surface area contributed by atoms with Gasteiger partial charge in [0.25, 0.3) is 0 Å². The van der Waals surface area contributed by atoms with Crippen LogP contribution in [0.4, 0.5) is 0 Å². The molecule has 0 amide bonds. The molecule has 0 fully saturated rings. The van der Waals surface area contributed by atoms with Crippen LogP contribution in [-0.2, 0) is 4.43 Å². The van der Waals surface area contributed by atoms with Gasteiger partial charge in [0.2, 0.25) is 0 Å². The van der Waals surface area contributed by atoms with E-state index in [0.717, 1.165) is 6.42 Å². The molecule has 2 aliphatic rings. The Balaban J connectivity index is 1.71. The van der Waals surface area contributed by atoms with Crippen LogP contribution in [0.1, 0.15) is 48.4 Å². The number of fused-ring (bicyclic) bond motifs is 3. The molecule has 0 saturated carbocycles. The number of hydrogen-bond donors (Lipinski definition) is 0. The number of benzene rings is 3. The van der Waals surface area contributed by atoms with Crippen molar-refractivity contribution < 1.29 is 4.43 Å². The van der Waals surface area contributed by atoms with Crippen molar-refractivity contribution in [1.29, 1.82) is 0 Å². The molecule has 2 heteroatoms. The maximum absolute atomic E-state index is 6.46. The maximum Gasteiger partial charge on any atom is 0.184 e. The third kappa shape index (κ3) is 3.72. The van der Waals surface area contributed by atoms with Crippen LogP contribution in [0.25, 0.3) is 18.2 Å². The Morgan fingerprint density at radius 3 is 2.44 bits per heavy atom. The summed E-state index contributed by atoms with van der Waals surface area (Å²) >= 11 is 0. The summed E-state index contributed by atoms with van der Waals surface area (Å²) in [5.74, 6) is 0.269. The van der Waals surface area contributed by atoms with E-state index in [0.29, 0.717) is 0 Å². The van der Waals surface area contributed by atoms with E-state index >= 15 is 0 Å². The van der Waals surface area contributed by atoms with E-state index in [1.54, 1.807) is 0 Å². The average Bonchev–Trinajstić information content (AvgIpc) is 3.29. The summed E-state index contributed by atoms with van der Waals surface area (Å²) in [7, 11) is -1.59. The molecule has 5 rings (SSSR count). The summed E-state index contributed by atoms with van der Waals surface area (Å²) in [6.45, 7) is 11.2. The Morgan fingerprint density at radius 2 is 1.66 bits per heavy atom. The van der Waals surface area contributed by atoms with Crippen LogP contribution in [0.2, 0.25) is 19.6 Å². The van der Waals surface area contributed by atoms with Crippen LogP contribution >= 0.6 is 0 Å². The Labute approximate surface area is 192 Å². The molecule has 0 radical (unpaired) electrons. The molecule has 1 nitrogen and oxygen atoms in total. The molecule has 0 bridgehead atoms. The Morgan fingerprint density at radius 1 is 0.906 bits per heavy atom. The van der Waals surface area contributed by atoms with Gasteiger partial charge in [-0.05, 0) is 89.1 Å². The predicted molar refractivity (Wildman–Crippen MR) is 138 cm³/mol. The van der Waals surface area contributed by atoms with Crippen LogP contribution in [0.5, 0.6) is 0 Å². The normalized spacial score (nSPS) is 18.0. The number of rotatable bonds is 5. The zero-order valence-electron chi connectivity index (χ0n) is 19.8. The second kappa shape index (κ2) is 8.02. The standard InChI is InChI=1S/C30H32OSi/c1-6-21-15-16-27-25-13-9-7-12-23(25)19-28(27)29(21)30-24(17-20(2)31-32(3,4)5)18-22-11-8-10-14-26(22)30/h6-16,18-20,30H,17H2,1-5H3. The molecule has 0 saturated heterocycles. The lowest BCUT2D eigenvalue weighted by molar-refractivity contribution is 0.213. The first kappa shape index (κ1) is 21.2. The van der Waals surface area contributed by atoms with Gasteiger partial charge in [-0.15, -0.1) is 0 Å². The topological polar surface area (TPSA) is 9.23 Å². The van der Waals surface area contributed by atoms with Gasteiger partial charge >= 0.3 is 0 Å². The van der Waals surface area contributed by atoms with Crippen molar-refractivity contribution in [2.24, 2.45) is 0 Å². The third-order valence-electron chi connectivity index (χ3n) is 6.57. The van der Waals surface area contributed by atoms with Crippen molar-refractivity contribution in [3.63, 3.8) is 0 Å². The quantitative estimate of drug-likeness (QED) is 0.345. The highest BCUT2D eigenvalue weighted by Crippen LogP contribution is 2.43. The molecule has 3 aromatic carbocycles. The molecular weight excluding hydrogens is 404 g/mol. The first-order valence-electron chi connectivity index (χ1n) is 11.7. The van der Waals surface area contributed by atoms with Gasteiger partial charge in [-0.1, -0.05) is 78.4 Å². The summed E-state index contributed by atoms with van der Waals surface area (Å²) in [5.41, 5.74) is 7.06. The molecule has 0 N–H and O–H groups in total. The Kier molecular flexibility index (Phi) is 5.31. The van der Waals surface area contributed by atoms with Gasteiger partial charge in [-0.3, -0.25) is 0 Å². The van der Waals surface area contributed by atoms with E-state index in [1.165, 1.54) is 48.7 Å². The molecule has 0 aliphatic heterocycles. The van der Waals surface area contributed by atoms with Crippen LogP contribution < -0.4 is 10.4 Å². The SMILES string of the molecule is CC=c1ccc2c(c1C1C(CC(C)O[Si](C)(C)C)=Cc3ccccc31)C=c1ccccc1=2. The van der Waals surface area contributed by atoms with E-state index in [2.05, 4.69) is 112 Å². The van der Waals surface area contributed by atoms with Crippen LogP contribution in [0.3, 0.4) is 0 Å². The maximum atomic E-state index is 6.46. The second-order valence-electron chi connectivity index (χ2n) is 10.1. The molecule has 32 heavy (non-hydrogen) atoms. The monoisotopic (exact) mass is 436 g/mol. The van der Waals surface area contributed by atoms with E-state index in [-0.39, 0.29) is 12.0 Å². The highest BCUT2D eigenvalue weighted by molar-refractivity contribution is 6.69. The molecule has 2 unspecified atom stereocenters. The molecule has 2 aliphatic carbocycles. The minimum Gasteiger partial charge on any atom is -0.415 e. The van der Waals surface area contributed by atoms with Gasteiger partial charge in [0, 0.05) is 12.0 Å².